The number of urea groups is 1. The summed E-state index contributed by atoms with van der Waals surface area (Å²) in [4.78, 5) is 14.0. The lowest BCUT2D eigenvalue weighted by atomic mass is 10.1. The van der Waals surface area contributed by atoms with Crippen molar-refractivity contribution in [1.82, 2.24) is 10.6 Å². The highest BCUT2D eigenvalue weighted by Crippen LogP contribution is 2.28. The number of hydrogen-bond acceptors (Lipinski definition) is 2. The van der Waals surface area contributed by atoms with Gasteiger partial charge in [-0.15, -0.1) is 0 Å². The molecule has 1 aromatic carbocycles. The van der Waals surface area contributed by atoms with Gasteiger partial charge in [0.15, 0.2) is 0 Å². The van der Waals surface area contributed by atoms with E-state index in [0.717, 1.165) is 43.6 Å². The molecule has 0 atom stereocenters. The van der Waals surface area contributed by atoms with Crippen LogP contribution < -0.4 is 15.5 Å². The molecule has 2 aliphatic heterocycles. The van der Waals surface area contributed by atoms with Crippen LogP contribution in [0.1, 0.15) is 18.4 Å². The quantitative estimate of drug-likeness (QED) is 0.809. The van der Waals surface area contributed by atoms with E-state index < -0.39 is 0 Å². The molecule has 2 heterocycles. The molecule has 102 valence electrons. The maximum atomic E-state index is 13.1. The van der Waals surface area contributed by atoms with Gasteiger partial charge in [-0.25, -0.2) is 9.18 Å². The third-order valence-corrected chi connectivity index (χ3v) is 3.85. The van der Waals surface area contributed by atoms with E-state index >= 15 is 0 Å². The maximum Gasteiger partial charge on any atom is 0.322 e. The summed E-state index contributed by atoms with van der Waals surface area (Å²) in [7, 11) is 0. The third kappa shape index (κ3) is 2.56. The van der Waals surface area contributed by atoms with E-state index in [4.69, 9.17) is 0 Å². The van der Waals surface area contributed by atoms with Crippen molar-refractivity contribution in [3.8, 4) is 0 Å². The first-order valence-corrected chi connectivity index (χ1v) is 6.81. The molecular weight excluding hydrogens is 245 g/mol. The number of fused-ring (bicyclic) bond motifs is 1. The monoisotopic (exact) mass is 263 g/mol. The number of nitrogens with zero attached hydrogens (tertiary/aromatic N) is 1. The van der Waals surface area contributed by atoms with Gasteiger partial charge < -0.3 is 10.6 Å². The number of anilines is 1. The molecule has 1 aromatic rings. The predicted octanol–water partition coefficient (Wildman–Crippen LogP) is 1.65. The molecule has 0 aliphatic carbocycles. The molecule has 1 saturated heterocycles. The highest BCUT2D eigenvalue weighted by atomic mass is 19.1. The van der Waals surface area contributed by atoms with Crippen molar-refractivity contribution in [2.75, 3.05) is 24.5 Å². The van der Waals surface area contributed by atoms with Crippen molar-refractivity contribution < 1.29 is 9.18 Å². The smallest absolute Gasteiger partial charge is 0.322 e. The Hall–Kier alpha value is -1.62. The fraction of sp³-hybridized carbons (Fsp3) is 0.500. The Labute approximate surface area is 112 Å². The number of benzene rings is 1. The van der Waals surface area contributed by atoms with Crippen LogP contribution in [0.2, 0.25) is 0 Å². The standard InChI is InChI=1S/C14H18FN3O/c15-11-1-2-13-10(9-11)5-8-18(13)14(19)17-12-3-6-16-7-4-12/h1-2,9,12,16H,3-8H2,(H,17,19). The summed E-state index contributed by atoms with van der Waals surface area (Å²) in [6, 6.07) is 4.82. The first-order chi connectivity index (χ1) is 9.24. The van der Waals surface area contributed by atoms with E-state index in [1.54, 1.807) is 11.0 Å². The average Bonchev–Trinajstić information content (AvgIpc) is 2.82. The number of carbonyl (C=O) groups excluding carboxylic acids is 1. The highest BCUT2D eigenvalue weighted by molar-refractivity contribution is 5.94. The Morgan fingerprint density at radius 1 is 1.37 bits per heavy atom. The molecule has 0 bridgehead atoms. The summed E-state index contributed by atoms with van der Waals surface area (Å²) in [5.74, 6) is -0.237. The second-order valence-electron chi connectivity index (χ2n) is 5.15. The SMILES string of the molecule is O=C(NC1CCNCC1)N1CCc2cc(F)ccc21. The molecule has 0 radical (unpaired) electrons. The minimum Gasteiger partial charge on any atom is -0.335 e. The lowest BCUT2D eigenvalue weighted by Crippen LogP contribution is -2.48. The van der Waals surface area contributed by atoms with Gasteiger partial charge >= 0.3 is 6.03 Å². The second-order valence-corrected chi connectivity index (χ2v) is 5.15. The average molecular weight is 263 g/mol. The Balaban J connectivity index is 1.69. The van der Waals surface area contributed by atoms with Crippen LogP contribution in [0.15, 0.2) is 18.2 Å². The van der Waals surface area contributed by atoms with Gasteiger partial charge in [0.05, 0.1) is 0 Å². The summed E-state index contributed by atoms with van der Waals surface area (Å²) in [5.41, 5.74) is 1.76. The molecule has 2 N–H and O–H groups in total. The number of hydrogen-bond donors (Lipinski definition) is 2. The zero-order chi connectivity index (χ0) is 13.2. The van der Waals surface area contributed by atoms with Crippen LogP contribution >= 0.6 is 0 Å². The van der Waals surface area contributed by atoms with E-state index in [1.807, 2.05) is 0 Å². The molecule has 0 spiro atoms. The molecule has 1 fully saturated rings. The zero-order valence-electron chi connectivity index (χ0n) is 10.8. The molecule has 5 heteroatoms. The minimum absolute atomic E-state index is 0.0581. The number of amides is 2. The van der Waals surface area contributed by atoms with Crippen LogP contribution in [-0.2, 0) is 6.42 Å². The van der Waals surface area contributed by atoms with Crippen LogP contribution in [-0.4, -0.2) is 31.7 Å². The highest BCUT2D eigenvalue weighted by Gasteiger charge is 2.26. The Bertz CT molecular complexity index is 486. The molecular formula is C14H18FN3O. The van der Waals surface area contributed by atoms with Crippen molar-refractivity contribution >= 4 is 11.7 Å². The van der Waals surface area contributed by atoms with Crippen molar-refractivity contribution in [3.63, 3.8) is 0 Å². The summed E-state index contributed by atoms with van der Waals surface area (Å²) in [6.07, 6.45) is 2.67. The predicted molar refractivity (Wildman–Crippen MR) is 71.9 cm³/mol. The van der Waals surface area contributed by atoms with E-state index in [1.165, 1.54) is 12.1 Å². The van der Waals surface area contributed by atoms with Gasteiger partial charge in [0.25, 0.3) is 0 Å². The lowest BCUT2D eigenvalue weighted by molar-refractivity contribution is 0.239. The topological polar surface area (TPSA) is 44.4 Å². The Morgan fingerprint density at radius 2 is 2.16 bits per heavy atom. The van der Waals surface area contributed by atoms with Crippen LogP contribution in [0.25, 0.3) is 0 Å². The van der Waals surface area contributed by atoms with Gasteiger partial charge in [-0.1, -0.05) is 0 Å². The normalized spacial score (nSPS) is 19.3. The fourth-order valence-electron chi connectivity index (χ4n) is 2.80. The van der Waals surface area contributed by atoms with Crippen LogP contribution in [0.3, 0.4) is 0 Å². The van der Waals surface area contributed by atoms with E-state index in [9.17, 15) is 9.18 Å². The van der Waals surface area contributed by atoms with Crippen molar-refractivity contribution in [1.29, 1.82) is 0 Å². The number of carbonyl (C=O) groups is 1. The van der Waals surface area contributed by atoms with E-state index in [0.29, 0.717) is 6.54 Å². The third-order valence-electron chi connectivity index (χ3n) is 3.85. The second kappa shape index (κ2) is 5.17. The molecule has 0 aromatic heterocycles. The van der Waals surface area contributed by atoms with Gasteiger partial charge in [-0.3, -0.25) is 4.90 Å². The van der Waals surface area contributed by atoms with Crippen molar-refractivity contribution in [2.24, 2.45) is 0 Å². The lowest BCUT2D eigenvalue weighted by Gasteiger charge is -2.26. The van der Waals surface area contributed by atoms with Gasteiger partial charge in [0, 0.05) is 18.3 Å². The number of rotatable bonds is 1. The molecule has 2 aliphatic rings. The molecule has 3 rings (SSSR count). The molecule has 19 heavy (non-hydrogen) atoms. The van der Waals surface area contributed by atoms with Crippen molar-refractivity contribution in [3.05, 3.63) is 29.6 Å². The first kappa shape index (κ1) is 12.4. The van der Waals surface area contributed by atoms with Crippen molar-refractivity contribution in [2.45, 2.75) is 25.3 Å². The zero-order valence-corrected chi connectivity index (χ0v) is 10.8. The molecule has 2 amide bonds. The minimum atomic E-state index is -0.237. The van der Waals surface area contributed by atoms with Gasteiger partial charge in [0.2, 0.25) is 0 Å². The van der Waals surface area contributed by atoms with Crippen LogP contribution in [0, 0.1) is 5.82 Å². The Morgan fingerprint density at radius 3 is 2.95 bits per heavy atom. The largest absolute Gasteiger partial charge is 0.335 e. The molecule has 0 saturated carbocycles. The molecule has 4 nitrogen and oxygen atoms in total. The van der Waals surface area contributed by atoms with Crippen LogP contribution in [0.5, 0.6) is 0 Å². The van der Waals surface area contributed by atoms with Crippen LogP contribution in [0.4, 0.5) is 14.9 Å². The van der Waals surface area contributed by atoms with Gasteiger partial charge in [-0.2, -0.15) is 0 Å². The van der Waals surface area contributed by atoms with E-state index in [-0.39, 0.29) is 17.9 Å². The first-order valence-electron chi connectivity index (χ1n) is 6.81. The number of piperidine rings is 1. The van der Waals surface area contributed by atoms with Gasteiger partial charge in [-0.05, 0) is 56.1 Å². The summed E-state index contributed by atoms with van der Waals surface area (Å²) in [6.45, 7) is 2.54. The Kier molecular flexibility index (Phi) is 3.38. The fourth-order valence-corrected chi connectivity index (χ4v) is 2.80. The number of nitrogens with one attached hydrogen (secondary N) is 2. The summed E-state index contributed by atoms with van der Waals surface area (Å²) < 4.78 is 13.1. The van der Waals surface area contributed by atoms with E-state index in [2.05, 4.69) is 10.6 Å². The summed E-state index contributed by atoms with van der Waals surface area (Å²) in [5, 5.41) is 6.34. The summed E-state index contributed by atoms with van der Waals surface area (Å²) >= 11 is 0. The number of halogens is 1. The van der Waals surface area contributed by atoms with Gasteiger partial charge in [0.1, 0.15) is 5.82 Å². The molecule has 0 unspecified atom stereocenters. The maximum absolute atomic E-state index is 13.1.